The summed E-state index contributed by atoms with van der Waals surface area (Å²) in [7, 11) is 0. The summed E-state index contributed by atoms with van der Waals surface area (Å²) in [5.74, 6) is 0.616. The average Bonchev–Trinajstić information content (AvgIpc) is 2.27. The fourth-order valence-corrected chi connectivity index (χ4v) is 2.11. The molecule has 1 aliphatic heterocycles. The molecule has 1 heterocycles. The zero-order chi connectivity index (χ0) is 11.6. The van der Waals surface area contributed by atoms with Crippen LogP contribution in [0.3, 0.4) is 0 Å². The maximum absolute atomic E-state index is 5.93. The van der Waals surface area contributed by atoms with E-state index in [0.29, 0.717) is 5.92 Å². The van der Waals surface area contributed by atoms with Gasteiger partial charge in [-0.3, -0.25) is 5.32 Å². The van der Waals surface area contributed by atoms with Crippen LogP contribution in [0.5, 0.6) is 0 Å². The van der Waals surface area contributed by atoms with Gasteiger partial charge in [-0.15, -0.1) is 12.4 Å². The van der Waals surface area contributed by atoms with Gasteiger partial charge in [-0.25, -0.2) is 0 Å². The van der Waals surface area contributed by atoms with E-state index in [9.17, 15) is 0 Å². The van der Waals surface area contributed by atoms with Crippen LogP contribution in [-0.2, 0) is 11.2 Å². The molecule has 0 bridgehead atoms. The summed E-state index contributed by atoms with van der Waals surface area (Å²) >= 11 is 0. The van der Waals surface area contributed by atoms with Crippen molar-refractivity contribution in [1.29, 1.82) is 0 Å². The van der Waals surface area contributed by atoms with Crippen LogP contribution in [0, 0.1) is 12.8 Å². The maximum Gasteiger partial charge on any atom is 0.120 e. The van der Waals surface area contributed by atoms with Crippen molar-refractivity contribution in [2.45, 2.75) is 32.9 Å². The van der Waals surface area contributed by atoms with Crippen molar-refractivity contribution in [3.8, 4) is 0 Å². The number of aryl methyl sites for hydroxylation is 1. The molecule has 2 atom stereocenters. The predicted octanol–water partition coefficient (Wildman–Crippen LogP) is 2.93. The Hall–Kier alpha value is -0.570. The van der Waals surface area contributed by atoms with E-state index < -0.39 is 0 Å². The fourth-order valence-electron chi connectivity index (χ4n) is 2.11. The zero-order valence-electron chi connectivity index (χ0n) is 10.8. The van der Waals surface area contributed by atoms with Crippen molar-refractivity contribution in [2.75, 3.05) is 13.2 Å². The first-order chi connectivity index (χ1) is 7.59. The molecule has 2 unspecified atom stereocenters. The van der Waals surface area contributed by atoms with Crippen LogP contribution >= 0.6 is 12.4 Å². The third-order valence-corrected chi connectivity index (χ3v) is 3.30. The number of nitrogens with one attached hydrogen (secondary N) is 1. The Morgan fingerprint density at radius 2 is 2.12 bits per heavy atom. The van der Waals surface area contributed by atoms with Crippen LogP contribution in [0.2, 0.25) is 0 Å². The number of benzene rings is 1. The smallest absolute Gasteiger partial charge is 0.120 e. The normalized spacial score (nSPS) is 28.5. The lowest BCUT2D eigenvalue weighted by molar-refractivity contribution is -0.0998. The largest absolute Gasteiger partial charge is 0.360 e. The topological polar surface area (TPSA) is 21.3 Å². The minimum absolute atomic E-state index is 0. The van der Waals surface area contributed by atoms with Crippen LogP contribution < -0.4 is 5.32 Å². The SMILES string of the molecule is Cc1ccccc1CC1(C)NCC(C)CO1.Cl. The van der Waals surface area contributed by atoms with Crippen LogP contribution in [0.4, 0.5) is 0 Å². The highest BCUT2D eigenvalue weighted by Gasteiger charge is 2.30. The molecule has 96 valence electrons. The van der Waals surface area contributed by atoms with E-state index in [1.165, 1.54) is 11.1 Å². The number of hydrogen-bond donors (Lipinski definition) is 1. The first-order valence-corrected chi connectivity index (χ1v) is 6.02. The molecule has 0 aromatic heterocycles. The van der Waals surface area contributed by atoms with E-state index in [-0.39, 0.29) is 18.1 Å². The number of rotatable bonds is 2. The highest BCUT2D eigenvalue weighted by molar-refractivity contribution is 5.85. The Bertz CT molecular complexity index is 359. The standard InChI is InChI=1S/C14H21NO.ClH/c1-11-9-15-14(3,16-10-11)8-13-7-5-4-6-12(13)2;/h4-7,11,15H,8-10H2,1-3H3;1H. The monoisotopic (exact) mass is 255 g/mol. The predicted molar refractivity (Wildman–Crippen MR) is 73.7 cm³/mol. The van der Waals surface area contributed by atoms with E-state index in [0.717, 1.165) is 19.6 Å². The van der Waals surface area contributed by atoms with Gasteiger partial charge in [0.25, 0.3) is 0 Å². The van der Waals surface area contributed by atoms with Gasteiger partial charge in [-0.2, -0.15) is 0 Å². The molecular formula is C14H22ClNO. The Morgan fingerprint density at radius 1 is 1.41 bits per heavy atom. The summed E-state index contributed by atoms with van der Waals surface area (Å²) in [6, 6.07) is 8.52. The molecule has 0 aliphatic carbocycles. The molecule has 2 rings (SSSR count). The molecular weight excluding hydrogens is 234 g/mol. The molecule has 2 nitrogen and oxygen atoms in total. The molecule has 0 spiro atoms. The third-order valence-electron chi connectivity index (χ3n) is 3.30. The lowest BCUT2D eigenvalue weighted by Gasteiger charge is -2.38. The molecule has 3 heteroatoms. The van der Waals surface area contributed by atoms with Crippen molar-refractivity contribution >= 4 is 12.4 Å². The van der Waals surface area contributed by atoms with Gasteiger partial charge in [-0.1, -0.05) is 31.2 Å². The van der Waals surface area contributed by atoms with E-state index >= 15 is 0 Å². The molecule has 1 saturated heterocycles. The Morgan fingerprint density at radius 3 is 2.71 bits per heavy atom. The number of hydrogen-bond acceptors (Lipinski definition) is 2. The molecule has 1 aromatic rings. The summed E-state index contributed by atoms with van der Waals surface area (Å²) in [6.07, 6.45) is 0.937. The first kappa shape index (κ1) is 14.5. The van der Waals surface area contributed by atoms with Gasteiger partial charge in [0.1, 0.15) is 5.72 Å². The molecule has 1 N–H and O–H groups in total. The second-order valence-corrected chi connectivity index (χ2v) is 5.13. The second-order valence-electron chi connectivity index (χ2n) is 5.13. The van der Waals surface area contributed by atoms with Gasteiger partial charge >= 0.3 is 0 Å². The van der Waals surface area contributed by atoms with E-state index in [4.69, 9.17) is 4.74 Å². The van der Waals surface area contributed by atoms with Gasteiger partial charge in [0, 0.05) is 13.0 Å². The lowest BCUT2D eigenvalue weighted by atomic mass is 9.97. The van der Waals surface area contributed by atoms with E-state index in [2.05, 4.69) is 50.4 Å². The van der Waals surface area contributed by atoms with Gasteiger partial charge < -0.3 is 4.74 Å². The average molecular weight is 256 g/mol. The summed E-state index contributed by atoms with van der Waals surface area (Å²) in [5, 5.41) is 3.50. The van der Waals surface area contributed by atoms with Crippen LogP contribution in [0.1, 0.15) is 25.0 Å². The Labute approximate surface area is 110 Å². The van der Waals surface area contributed by atoms with Crippen LogP contribution in [-0.4, -0.2) is 18.9 Å². The van der Waals surface area contributed by atoms with Crippen LogP contribution in [0.15, 0.2) is 24.3 Å². The van der Waals surface area contributed by atoms with Crippen molar-refractivity contribution < 1.29 is 4.74 Å². The Balaban J connectivity index is 0.00000144. The zero-order valence-corrected chi connectivity index (χ0v) is 11.6. The van der Waals surface area contributed by atoms with Gasteiger partial charge in [0.2, 0.25) is 0 Å². The molecule has 0 amide bonds. The Kier molecular flexibility index (Phi) is 4.99. The van der Waals surface area contributed by atoms with Crippen molar-refractivity contribution in [3.05, 3.63) is 35.4 Å². The lowest BCUT2D eigenvalue weighted by Crippen LogP contribution is -2.53. The highest BCUT2D eigenvalue weighted by atomic mass is 35.5. The van der Waals surface area contributed by atoms with Crippen LogP contribution in [0.25, 0.3) is 0 Å². The number of ether oxygens (including phenoxy) is 1. The minimum atomic E-state index is -0.196. The minimum Gasteiger partial charge on any atom is -0.360 e. The van der Waals surface area contributed by atoms with E-state index in [1.807, 2.05) is 0 Å². The van der Waals surface area contributed by atoms with Crippen molar-refractivity contribution in [3.63, 3.8) is 0 Å². The third kappa shape index (κ3) is 3.70. The van der Waals surface area contributed by atoms with Gasteiger partial charge in [-0.05, 0) is 30.9 Å². The molecule has 1 fully saturated rings. The fraction of sp³-hybridized carbons (Fsp3) is 0.571. The highest BCUT2D eigenvalue weighted by Crippen LogP contribution is 2.21. The number of halogens is 1. The molecule has 0 saturated carbocycles. The summed E-state index contributed by atoms with van der Waals surface area (Å²) in [4.78, 5) is 0. The second kappa shape index (κ2) is 5.85. The van der Waals surface area contributed by atoms with Gasteiger partial charge in [0.05, 0.1) is 6.61 Å². The van der Waals surface area contributed by atoms with E-state index in [1.54, 1.807) is 0 Å². The van der Waals surface area contributed by atoms with Gasteiger partial charge in [0.15, 0.2) is 0 Å². The molecule has 0 radical (unpaired) electrons. The molecule has 1 aliphatic rings. The van der Waals surface area contributed by atoms with Crippen molar-refractivity contribution in [2.24, 2.45) is 5.92 Å². The van der Waals surface area contributed by atoms with Crippen molar-refractivity contribution in [1.82, 2.24) is 5.32 Å². The molecule has 1 aromatic carbocycles. The summed E-state index contributed by atoms with van der Waals surface area (Å²) in [5.41, 5.74) is 2.51. The molecule has 17 heavy (non-hydrogen) atoms. The maximum atomic E-state index is 5.93. The summed E-state index contributed by atoms with van der Waals surface area (Å²) < 4.78 is 5.93. The first-order valence-electron chi connectivity index (χ1n) is 6.02. The summed E-state index contributed by atoms with van der Waals surface area (Å²) in [6.45, 7) is 8.41. The quantitative estimate of drug-likeness (QED) is 0.878.